The number of hydrogen-bond acceptors (Lipinski definition) is 9. The average molecular weight is 408 g/mol. The SMILES string of the molecule is O=[N+]([O-])c1cccc(CNc2nc(-c3cccnc3)nc3sc([N+](=O)[O-])cc23)c1. The molecule has 4 rings (SSSR count). The number of hydrogen-bond donors (Lipinski definition) is 1. The van der Waals surface area contributed by atoms with Crippen molar-refractivity contribution in [1.29, 1.82) is 0 Å². The van der Waals surface area contributed by atoms with Gasteiger partial charge < -0.3 is 5.32 Å². The number of rotatable bonds is 6. The number of nitro groups is 2. The maximum atomic E-state index is 11.2. The summed E-state index contributed by atoms with van der Waals surface area (Å²) in [7, 11) is 0. The first-order valence-electron chi connectivity index (χ1n) is 8.35. The second kappa shape index (κ2) is 7.56. The van der Waals surface area contributed by atoms with E-state index in [0.29, 0.717) is 33.0 Å². The summed E-state index contributed by atoms with van der Waals surface area (Å²) in [5, 5.41) is 25.7. The largest absolute Gasteiger partial charge is 0.365 e. The highest BCUT2D eigenvalue weighted by molar-refractivity contribution is 7.21. The first-order valence-corrected chi connectivity index (χ1v) is 9.16. The van der Waals surface area contributed by atoms with E-state index in [1.54, 1.807) is 36.7 Å². The van der Waals surface area contributed by atoms with Gasteiger partial charge in [-0.1, -0.05) is 12.1 Å². The van der Waals surface area contributed by atoms with Crippen LogP contribution in [0.3, 0.4) is 0 Å². The molecule has 0 fully saturated rings. The fraction of sp³-hybridized carbons (Fsp3) is 0.0556. The summed E-state index contributed by atoms with van der Waals surface area (Å²) < 4.78 is 0. The Morgan fingerprint density at radius 1 is 1.03 bits per heavy atom. The molecular weight excluding hydrogens is 396 g/mol. The molecule has 10 nitrogen and oxygen atoms in total. The van der Waals surface area contributed by atoms with Crippen molar-refractivity contribution in [3.8, 4) is 11.4 Å². The van der Waals surface area contributed by atoms with Gasteiger partial charge in [-0.05, 0) is 29.0 Å². The van der Waals surface area contributed by atoms with Gasteiger partial charge >= 0.3 is 5.00 Å². The minimum absolute atomic E-state index is 0.0145. The number of thiophene rings is 1. The molecule has 0 atom stereocenters. The summed E-state index contributed by atoms with van der Waals surface area (Å²) in [6.45, 7) is 0.254. The smallest absolute Gasteiger partial charge is 0.326 e. The molecule has 0 spiro atoms. The zero-order valence-electron chi connectivity index (χ0n) is 14.7. The quantitative estimate of drug-likeness (QED) is 0.370. The van der Waals surface area contributed by atoms with Crippen LogP contribution in [0, 0.1) is 20.2 Å². The Kier molecular flexibility index (Phi) is 4.79. The van der Waals surface area contributed by atoms with Crippen LogP contribution in [0.4, 0.5) is 16.5 Å². The summed E-state index contributed by atoms with van der Waals surface area (Å²) in [6.07, 6.45) is 3.23. The molecule has 0 saturated heterocycles. The van der Waals surface area contributed by atoms with E-state index < -0.39 is 9.85 Å². The lowest BCUT2D eigenvalue weighted by Gasteiger charge is -2.09. The van der Waals surface area contributed by atoms with E-state index in [1.807, 2.05) is 0 Å². The van der Waals surface area contributed by atoms with Crippen molar-refractivity contribution in [2.45, 2.75) is 6.54 Å². The van der Waals surface area contributed by atoms with Gasteiger partial charge in [0.15, 0.2) is 5.82 Å². The van der Waals surface area contributed by atoms with Crippen LogP contribution < -0.4 is 5.32 Å². The third kappa shape index (κ3) is 3.84. The van der Waals surface area contributed by atoms with Crippen molar-refractivity contribution >= 4 is 38.1 Å². The van der Waals surface area contributed by atoms with Crippen molar-refractivity contribution in [1.82, 2.24) is 15.0 Å². The lowest BCUT2D eigenvalue weighted by atomic mass is 10.2. The molecule has 0 aliphatic rings. The molecule has 0 amide bonds. The van der Waals surface area contributed by atoms with Crippen LogP contribution in [0.2, 0.25) is 0 Å². The van der Waals surface area contributed by atoms with Gasteiger partial charge in [0.1, 0.15) is 10.6 Å². The van der Waals surface area contributed by atoms with E-state index >= 15 is 0 Å². The Bertz CT molecular complexity index is 1230. The molecule has 3 heterocycles. The van der Waals surface area contributed by atoms with Crippen LogP contribution in [0.1, 0.15) is 5.56 Å². The number of aromatic nitrogens is 3. The molecule has 0 saturated carbocycles. The van der Waals surface area contributed by atoms with Crippen LogP contribution in [-0.4, -0.2) is 24.8 Å². The highest BCUT2D eigenvalue weighted by Crippen LogP contribution is 2.35. The molecule has 1 N–H and O–H groups in total. The van der Waals surface area contributed by atoms with E-state index in [9.17, 15) is 20.2 Å². The van der Waals surface area contributed by atoms with Crippen LogP contribution in [0.25, 0.3) is 21.6 Å². The van der Waals surface area contributed by atoms with E-state index in [-0.39, 0.29) is 17.2 Å². The van der Waals surface area contributed by atoms with Crippen LogP contribution in [0.15, 0.2) is 54.9 Å². The number of nitrogens with one attached hydrogen (secondary N) is 1. The number of pyridine rings is 1. The lowest BCUT2D eigenvalue weighted by Crippen LogP contribution is -2.04. The summed E-state index contributed by atoms with van der Waals surface area (Å²) in [4.78, 5) is 34.7. The lowest BCUT2D eigenvalue weighted by molar-refractivity contribution is -0.384. The molecule has 0 bridgehead atoms. The zero-order chi connectivity index (χ0) is 20.4. The number of nitro benzene ring substituents is 1. The monoisotopic (exact) mass is 408 g/mol. The summed E-state index contributed by atoms with van der Waals surface area (Å²) in [5.41, 5.74) is 1.34. The van der Waals surface area contributed by atoms with Gasteiger partial charge in [-0.3, -0.25) is 25.2 Å². The molecule has 0 aliphatic heterocycles. The molecule has 0 radical (unpaired) electrons. The van der Waals surface area contributed by atoms with E-state index in [1.165, 1.54) is 18.2 Å². The third-order valence-corrected chi connectivity index (χ3v) is 5.04. The Morgan fingerprint density at radius 2 is 1.90 bits per heavy atom. The topological polar surface area (TPSA) is 137 Å². The molecule has 0 unspecified atom stereocenters. The van der Waals surface area contributed by atoms with E-state index in [4.69, 9.17) is 0 Å². The van der Waals surface area contributed by atoms with Crippen molar-refractivity contribution in [2.75, 3.05) is 5.32 Å². The van der Waals surface area contributed by atoms with Crippen molar-refractivity contribution in [2.24, 2.45) is 0 Å². The third-order valence-electron chi connectivity index (χ3n) is 4.06. The van der Waals surface area contributed by atoms with Crippen LogP contribution in [-0.2, 0) is 6.54 Å². The highest BCUT2D eigenvalue weighted by Gasteiger charge is 2.18. The molecule has 29 heavy (non-hydrogen) atoms. The minimum atomic E-state index is -0.472. The molecular formula is C18H12N6O4S. The Morgan fingerprint density at radius 3 is 2.62 bits per heavy atom. The number of benzene rings is 1. The second-order valence-electron chi connectivity index (χ2n) is 5.98. The minimum Gasteiger partial charge on any atom is -0.365 e. The maximum Gasteiger partial charge on any atom is 0.326 e. The maximum absolute atomic E-state index is 11.2. The van der Waals surface area contributed by atoms with Crippen molar-refractivity contribution < 1.29 is 9.85 Å². The standard InChI is InChI=1S/C18H12N6O4S/c25-23(26)13-5-1-3-11(7-13)9-20-17-14-8-15(24(27)28)29-18(14)22-16(21-17)12-4-2-6-19-10-12/h1-8,10H,9H2,(H,20,21,22). The Labute approximate surface area is 167 Å². The molecule has 4 aromatic rings. The predicted molar refractivity (Wildman–Crippen MR) is 108 cm³/mol. The van der Waals surface area contributed by atoms with Gasteiger partial charge in [0.25, 0.3) is 5.69 Å². The Balaban J connectivity index is 1.74. The van der Waals surface area contributed by atoms with Gasteiger partial charge in [0.05, 0.1) is 15.2 Å². The molecule has 144 valence electrons. The normalized spacial score (nSPS) is 10.8. The van der Waals surface area contributed by atoms with Crippen molar-refractivity contribution in [3.63, 3.8) is 0 Å². The van der Waals surface area contributed by atoms with E-state index in [2.05, 4.69) is 20.3 Å². The fourth-order valence-corrected chi connectivity index (χ4v) is 3.57. The molecule has 0 aliphatic carbocycles. The van der Waals surface area contributed by atoms with Gasteiger partial charge in [-0.2, -0.15) is 0 Å². The van der Waals surface area contributed by atoms with E-state index in [0.717, 1.165) is 11.3 Å². The van der Waals surface area contributed by atoms with Crippen LogP contribution >= 0.6 is 11.3 Å². The molecule has 1 aromatic carbocycles. The second-order valence-corrected chi connectivity index (χ2v) is 6.99. The van der Waals surface area contributed by atoms with Gasteiger partial charge in [0, 0.05) is 42.7 Å². The summed E-state index contributed by atoms with van der Waals surface area (Å²) in [5.74, 6) is 0.786. The first-order chi connectivity index (χ1) is 14.0. The number of fused-ring (bicyclic) bond motifs is 1. The number of non-ortho nitro benzene ring substituents is 1. The molecule has 3 aromatic heterocycles. The summed E-state index contributed by atoms with van der Waals surface area (Å²) >= 11 is 0.956. The first kappa shape index (κ1) is 18.4. The van der Waals surface area contributed by atoms with Gasteiger partial charge in [-0.25, -0.2) is 9.97 Å². The zero-order valence-corrected chi connectivity index (χ0v) is 15.5. The summed E-state index contributed by atoms with van der Waals surface area (Å²) in [6, 6.07) is 11.2. The highest BCUT2D eigenvalue weighted by atomic mass is 32.1. The molecule has 11 heteroatoms. The number of nitrogens with zero attached hydrogens (tertiary/aromatic N) is 5. The van der Waals surface area contributed by atoms with Gasteiger partial charge in [0.2, 0.25) is 0 Å². The number of anilines is 1. The van der Waals surface area contributed by atoms with Gasteiger partial charge in [-0.15, -0.1) is 0 Å². The average Bonchev–Trinajstić information content (AvgIpc) is 3.17. The predicted octanol–water partition coefficient (Wildman–Crippen LogP) is 4.18. The Hall–Kier alpha value is -3.99. The van der Waals surface area contributed by atoms with Crippen molar-refractivity contribution in [3.05, 3.63) is 80.7 Å². The fourth-order valence-electron chi connectivity index (χ4n) is 2.72. The van der Waals surface area contributed by atoms with Crippen LogP contribution in [0.5, 0.6) is 0 Å².